The van der Waals surface area contributed by atoms with Crippen LogP contribution >= 0.6 is 39.9 Å². The molecule has 1 amide bonds. The van der Waals surface area contributed by atoms with Crippen molar-refractivity contribution in [1.82, 2.24) is 4.90 Å². The van der Waals surface area contributed by atoms with Crippen molar-refractivity contribution in [2.45, 2.75) is 20.5 Å². The van der Waals surface area contributed by atoms with Crippen LogP contribution in [0.3, 0.4) is 0 Å². The molecule has 0 aliphatic carbocycles. The number of thioether (sulfide) groups is 1. The normalized spacial score (nSPS) is 15.8. The summed E-state index contributed by atoms with van der Waals surface area (Å²) in [6, 6.07) is 11.8. The molecule has 0 unspecified atom stereocenters. The molecule has 3 rings (SSSR count). The summed E-state index contributed by atoms with van der Waals surface area (Å²) in [5, 5.41) is 0. The summed E-state index contributed by atoms with van der Waals surface area (Å²) < 4.78 is 20.1. The van der Waals surface area contributed by atoms with Crippen LogP contribution in [0.5, 0.6) is 5.75 Å². The molecular weight excluding hydrogens is 461 g/mol. The SMILES string of the molecule is CC(C)CN1C(=O)/C(=C/c2ccc(OCc3ccc(F)cc3)c(Br)c2)SC1=S. The van der Waals surface area contributed by atoms with E-state index < -0.39 is 0 Å². The summed E-state index contributed by atoms with van der Waals surface area (Å²) >= 11 is 10.2. The molecule has 2 aromatic carbocycles. The van der Waals surface area contributed by atoms with Gasteiger partial charge in [-0.15, -0.1) is 0 Å². The van der Waals surface area contributed by atoms with E-state index in [0.29, 0.717) is 34.0 Å². The molecule has 28 heavy (non-hydrogen) atoms. The van der Waals surface area contributed by atoms with Crippen molar-refractivity contribution in [2.24, 2.45) is 5.92 Å². The minimum Gasteiger partial charge on any atom is -0.488 e. The van der Waals surface area contributed by atoms with Gasteiger partial charge in [-0.3, -0.25) is 9.69 Å². The van der Waals surface area contributed by atoms with Gasteiger partial charge in [0.05, 0.1) is 9.38 Å². The fourth-order valence-corrected chi connectivity index (χ4v) is 4.43. The third-order valence-electron chi connectivity index (χ3n) is 3.98. The van der Waals surface area contributed by atoms with Crippen molar-refractivity contribution in [3.05, 3.63) is 68.8 Å². The number of benzene rings is 2. The Morgan fingerprint density at radius 2 is 1.96 bits per heavy atom. The summed E-state index contributed by atoms with van der Waals surface area (Å²) in [6.45, 7) is 5.09. The van der Waals surface area contributed by atoms with Crippen LogP contribution in [0.25, 0.3) is 6.08 Å². The van der Waals surface area contributed by atoms with Crippen molar-refractivity contribution >= 4 is 56.2 Å². The number of nitrogens with zero attached hydrogens (tertiary/aromatic N) is 1. The Kier molecular flexibility index (Phi) is 6.91. The topological polar surface area (TPSA) is 29.5 Å². The lowest BCUT2D eigenvalue weighted by Crippen LogP contribution is -2.31. The Bertz CT molecular complexity index is 929. The van der Waals surface area contributed by atoms with Crippen LogP contribution in [0.2, 0.25) is 0 Å². The zero-order valence-electron chi connectivity index (χ0n) is 15.4. The maximum Gasteiger partial charge on any atom is 0.266 e. The molecule has 0 atom stereocenters. The summed E-state index contributed by atoms with van der Waals surface area (Å²) in [5.74, 6) is 0.715. The molecule has 146 valence electrons. The number of carbonyl (C=O) groups excluding carboxylic acids is 1. The smallest absolute Gasteiger partial charge is 0.266 e. The molecule has 0 spiro atoms. The van der Waals surface area contributed by atoms with Gasteiger partial charge in [0.1, 0.15) is 22.5 Å². The fourth-order valence-electron chi connectivity index (χ4n) is 2.64. The molecule has 0 radical (unpaired) electrons. The van der Waals surface area contributed by atoms with Crippen molar-refractivity contribution < 1.29 is 13.9 Å². The lowest BCUT2D eigenvalue weighted by molar-refractivity contribution is -0.122. The number of hydrogen-bond acceptors (Lipinski definition) is 4. The zero-order chi connectivity index (χ0) is 20.3. The van der Waals surface area contributed by atoms with E-state index in [4.69, 9.17) is 17.0 Å². The Balaban J connectivity index is 1.70. The standard InChI is InChI=1S/C21H19BrFNO2S2/c1-13(2)11-24-20(25)19(28-21(24)27)10-15-5-8-18(17(22)9-15)26-12-14-3-6-16(23)7-4-14/h3-10,13H,11-12H2,1-2H3/b19-10-. The molecule has 0 bridgehead atoms. The highest BCUT2D eigenvalue weighted by molar-refractivity contribution is 9.10. The maximum atomic E-state index is 13.0. The van der Waals surface area contributed by atoms with Gasteiger partial charge in [-0.25, -0.2) is 4.39 Å². The predicted octanol–water partition coefficient (Wildman–Crippen LogP) is 6.02. The van der Waals surface area contributed by atoms with E-state index >= 15 is 0 Å². The first-order valence-electron chi connectivity index (χ1n) is 8.75. The second kappa shape index (κ2) is 9.20. The van der Waals surface area contributed by atoms with E-state index in [1.165, 1.54) is 23.9 Å². The first-order chi connectivity index (χ1) is 13.3. The number of rotatable bonds is 6. The number of amides is 1. The fraction of sp³-hybridized carbons (Fsp3) is 0.238. The van der Waals surface area contributed by atoms with E-state index in [-0.39, 0.29) is 11.7 Å². The highest BCUT2D eigenvalue weighted by Crippen LogP contribution is 2.34. The largest absolute Gasteiger partial charge is 0.488 e. The zero-order valence-corrected chi connectivity index (χ0v) is 18.7. The van der Waals surface area contributed by atoms with Crippen LogP contribution in [0, 0.1) is 11.7 Å². The molecule has 0 saturated carbocycles. The van der Waals surface area contributed by atoms with Crippen LogP contribution in [0.4, 0.5) is 4.39 Å². The van der Waals surface area contributed by atoms with E-state index in [2.05, 4.69) is 29.8 Å². The van der Waals surface area contributed by atoms with Crippen LogP contribution in [0.1, 0.15) is 25.0 Å². The van der Waals surface area contributed by atoms with E-state index in [1.54, 1.807) is 17.0 Å². The summed E-state index contributed by atoms with van der Waals surface area (Å²) in [7, 11) is 0. The molecule has 1 heterocycles. The van der Waals surface area contributed by atoms with Gasteiger partial charge in [0.15, 0.2) is 0 Å². The van der Waals surface area contributed by atoms with E-state index in [0.717, 1.165) is 15.6 Å². The summed E-state index contributed by atoms with van der Waals surface area (Å²) in [6.07, 6.45) is 1.84. The van der Waals surface area contributed by atoms with Crippen LogP contribution < -0.4 is 4.74 Å². The van der Waals surface area contributed by atoms with Gasteiger partial charge in [-0.2, -0.15) is 0 Å². The van der Waals surface area contributed by atoms with E-state index in [1.807, 2.05) is 24.3 Å². The van der Waals surface area contributed by atoms with Crippen molar-refractivity contribution in [3.8, 4) is 5.75 Å². The van der Waals surface area contributed by atoms with Gasteiger partial charge >= 0.3 is 0 Å². The highest BCUT2D eigenvalue weighted by Gasteiger charge is 2.32. The average Bonchev–Trinajstić information content (AvgIpc) is 2.89. The number of hydrogen-bond donors (Lipinski definition) is 0. The molecule has 3 nitrogen and oxygen atoms in total. The molecular formula is C21H19BrFNO2S2. The monoisotopic (exact) mass is 479 g/mol. The second-order valence-corrected chi connectivity index (χ2v) is 9.32. The van der Waals surface area contributed by atoms with Crippen LogP contribution in [-0.4, -0.2) is 21.7 Å². The maximum absolute atomic E-state index is 13.0. The molecule has 1 saturated heterocycles. The van der Waals surface area contributed by atoms with Crippen molar-refractivity contribution in [1.29, 1.82) is 0 Å². The Labute approximate surface area is 182 Å². The van der Waals surface area contributed by atoms with Crippen LogP contribution in [-0.2, 0) is 11.4 Å². The minimum absolute atomic E-state index is 0.0449. The van der Waals surface area contributed by atoms with Gasteiger partial charge in [0.2, 0.25) is 0 Å². The predicted molar refractivity (Wildman–Crippen MR) is 120 cm³/mol. The Morgan fingerprint density at radius 1 is 1.25 bits per heavy atom. The minimum atomic E-state index is -0.270. The Hall–Kier alpha value is -1.70. The van der Waals surface area contributed by atoms with Gasteiger partial charge in [0.25, 0.3) is 5.91 Å². The lowest BCUT2D eigenvalue weighted by atomic mass is 10.2. The summed E-state index contributed by atoms with van der Waals surface area (Å²) in [5.41, 5.74) is 1.76. The van der Waals surface area contributed by atoms with Gasteiger partial charge in [0, 0.05) is 6.54 Å². The van der Waals surface area contributed by atoms with Crippen LogP contribution in [0.15, 0.2) is 51.8 Å². The molecule has 0 aromatic heterocycles. The van der Waals surface area contributed by atoms with Gasteiger partial charge < -0.3 is 4.74 Å². The number of thiocarbonyl (C=S) groups is 1. The van der Waals surface area contributed by atoms with Crippen molar-refractivity contribution in [2.75, 3.05) is 6.54 Å². The van der Waals surface area contributed by atoms with E-state index in [9.17, 15) is 9.18 Å². The molecule has 2 aromatic rings. The first kappa shape index (κ1) is 21.0. The molecule has 0 N–H and O–H groups in total. The third kappa shape index (κ3) is 5.21. The lowest BCUT2D eigenvalue weighted by Gasteiger charge is -2.16. The molecule has 1 fully saturated rings. The molecule has 1 aliphatic heterocycles. The highest BCUT2D eigenvalue weighted by atomic mass is 79.9. The van der Waals surface area contributed by atoms with Gasteiger partial charge in [-0.1, -0.05) is 56.0 Å². The van der Waals surface area contributed by atoms with Gasteiger partial charge in [-0.05, 0) is 63.3 Å². The first-order valence-corrected chi connectivity index (χ1v) is 10.8. The quantitative estimate of drug-likeness (QED) is 0.373. The van der Waals surface area contributed by atoms with Crippen molar-refractivity contribution in [3.63, 3.8) is 0 Å². The summed E-state index contributed by atoms with van der Waals surface area (Å²) in [4.78, 5) is 14.9. The molecule has 7 heteroatoms. The second-order valence-electron chi connectivity index (χ2n) is 6.79. The Morgan fingerprint density at radius 3 is 2.61 bits per heavy atom. The average molecular weight is 480 g/mol. The number of ether oxygens (including phenoxy) is 1. The molecule has 1 aliphatic rings. The third-order valence-corrected chi connectivity index (χ3v) is 5.98. The number of carbonyl (C=O) groups is 1. The number of halogens is 2.